The largest absolute Gasteiger partial charge is 0.493 e. The monoisotopic (exact) mass is 503 g/mol. The molecule has 0 bridgehead atoms. The molecule has 1 aliphatic heterocycles. The van der Waals surface area contributed by atoms with E-state index in [1.54, 1.807) is 7.05 Å². The van der Waals surface area contributed by atoms with Gasteiger partial charge in [-0.2, -0.15) is 0 Å². The van der Waals surface area contributed by atoms with Crippen LogP contribution in [0.1, 0.15) is 39.2 Å². The van der Waals surface area contributed by atoms with Crippen molar-refractivity contribution in [1.29, 1.82) is 0 Å². The molecule has 158 valence electrons. The summed E-state index contributed by atoms with van der Waals surface area (Å²) in [5, 5.41) is 3.41. The molecule has 1 aromatic rings. The second-order valence-corrected chi connectivity index (χ2v) is 7.26. The third-order valence-electron chi connectivity index (χ3n) is 4.58. The number of rotatable bonds is 7. The van der Waals surface area contributed by atoms with E-state index in [9.17, 15) is 4.79 Å². The lowest BCUT2D eigenvalue weighted by Crippen LogP contribution is -2.46. The minimum absolute atomic E-state index is 0. The zero-order valence-electron chi connectivity index (χ0n) is 17.4. The SMILES string of the molecule is CCOC(=O)C1CCN(C(=NC)NCc2ccc(OCC(C)C)cc2)CC1.I. The zero-order valence-corrected chi connectivity index (χ0v) is 19.8. The first kappa shape index (κ1) is 24.5. The Kier molecular flexibility index (Phi) is 11.3. The standard InChI is InChI=1S/C21H33N3O3.HI/c1-5-26-20(25)18-10-12-24(13-11-18)21(22-4)23-14-17-6-8-19(9-7-17)27-15-16(2)3;/h6-9,16,18H,5,10-15H2,1-4H3,(H,22,23);1H. The Labute approximate surface area is 186 Å². The number of carbonyl (C=O) groups is 1. The first-order valence-corrected chi connectivity index (χ1v) is 9.87. The highest BCUT2D eigenvalue weighted by Gasteiger charge is 2.27. The summed E-state index contributed by atoms with van der Waals surface area (Å²) in [4.78, 5) is 18.5. The van der Waals surface area contributed by atoms with E-state index in [4.69, 9.17) is 9.47 Å². The number of likely N-dealkylation sites (tertiary alicyclic amines) is 1. The molecule has 28 heavy (non-hydrogen) atoms. The lowest BCUT2D eigenvalue weighted by Gasteiger charge is -2.33. The number of aliphatic imine (C=N–C) groups is 1. The van der Waals surface area contributed by atoms with Gasteiger partial charge in [-0.15, -0.1) is 24.0 Å². The van der Waals surface area contributed by atoms with Crippen LogP contribution in [0.2, 0.25) is 0 Å². The fourth-order valence-corrected chi connectivity index (χ4v) is 3.07. The van der Waals surface area contributed by atoms with E-state index in [1.165, 1.54) is 5.56 Å². The van der Waals surface area contributed by atoms with Crippen molar-refractivity contribution in [2.75, 3.05) is 33.4 Å². The normalized spacial score (nSPS) is 15.2. The second-order valence-electron chi connectivity index (χ2n) is 7.26. The van der Waals surface area contributed by atoms with Crippen LogP contribution in [0.4, 0.5) is 0 Å². The third kappa shape index (κ3) is 7.85. The molecule has 1 saturated heterocycles. The summed E-state index contributed by atoms with van der Waals surface area (Å²) < 4.78 is 10.9. The van der Waals surface area contributed by atoms with E-state index in [0.29, 0.717) is 19.1 Å². The Bertz CT molecular complexity index is 612. The van der Waals surface area contributed by atoms with Crippen molar-refractivity contribution in [2.24, 2.45) is 16.8 Å². The summed E-state index contributed by atoms with van der Waals surface area (Å²) in [6, 6.07) is 8.16. The Hall–Kier alpha value is -1.51. The van der Waals surface area contributed by atoms with E-state index in [2.05, 4.69) is 41.2 Å². The number of hydrogen-bond acceptors (Lipinski definition) is 4. The molecule has 1 aliphatic rings. The fourth-order valence-electron chi connectivity index (χ4n) is 3.07. The van der Waals surface area contributed by atoms with Crippen LogP contribution in [0.25, 0.3) is 0 Å². The van der Waals surface area contributed by atoms with Crippen molar-refractivity contribution >= 4 is 35.9 Å². The first-order valence-electron chi connectivity index (χ1n) is 9.87. The van der Waals surface area contributed by atoms with Gasteiger partial charge in [0, 0.05) is 26.7 Å². The molecule has 7 heteroatoms. The Balaban J connectivity index is 0.00000392. The maximum atomic E-state index is 11.9. The van der Waals surface area contributed by atoms with Crippen LogP contribution in [-0.4, -0.2) is 50.2 Å². The van der Waals surface area contributed by atoms with Crippen molar-refractivity contribution in [3.8, 4) is 5.75 Å². The summed E-state index contributed by atoms with van der Waals surface area (Å²) in [7, 11) is 1.79. The molecule has 1 aromatic carbocycles. The lowest BCUT2D eigenvalue weighted by atomic mass is 9.97. The number of hydrogen-bond donors (Lipinski definition) is 1. The number of nitrogens with zero attached hydrogens (tertiary/aromatic N) is 2. The Morgan fingerprint density at radius 1 is 1.25 bits per heavy atom. The van der Waals surface area contributed by atoms with Crippen LogP contribution < -0.4 is 10.1 Å². The van der Waals surface area contributed by atoms with Crippen LogP contribution in [0.15, 0.2) is 29.3 Å². The predicted octanol–water partition coefficient (Wildman–Crippen LogP) is 3.69. The van der Waals surface area contributed by atoms with Gasteiger partial charge in [-0.05, 0) is 43.4 Å². The van der Waals surface area contributed by atoms with Crippen LogP contribution in [-0.2, 0) is 16.1 Å². The molecular formula is C21H34IN3O3. The van der Waals surface area contributed by atoms with Gasteiger partial charge in [0.2, 0.25) is 0 Å². The highest BCUT2D eigenvalue weighted by Crippen LogP contribution is 2.19. The summed E-state index contributed by atoms with van der Waals surface area (Å²) in [6.07, 6.45) is 1.61. The van der Waals surface area contributed by atoms with Crippen molar-refractivity contribution in [1.82, 2.24) is 10.2 Å². The van der Waals surface area contributed by atoms with E-state index >= 15 is 0 Å². The van der Waals surface area contributed by atoms with Crippen LogP contribution in [0.3, 0.4) is 0 Å². The highest BCUT2D eigenvalue weighted by atomic mass is 127. The van der Waals surface area contributed by atoms with E-state index in [-0.39, 0.29) is 35.9 Å². The summed E-state index contributed by atoms with van der Waals surface area (Å²) in [5.74, 6) is 2.23. The quantitative estimate of drug-likeness (QED) is 0.266. The summed E-state index contributed by atoms with van der Waals surface area (Å²) in [5.41, 5.74) is 1.18. The predicted molar refractivity (Wildman–Crippen MR) is 123 cm³/mol. The van der Waals surface area contributed by atoms with Crippen molar-refractivity contribution in [3.63, 3.8) is 0 Å². The number of carbonyl (C=O) groups excluding carboxylic acids is 1. The third-order valence-corrected chi connectivity index (χ3v) is 4.58. The number of guanidine groups is 1. The van der Waals surface area contributed by atoms with Crippen LogP contribution >= 0.6 is 24.0 Å². The molecule has 1 heterocycles. The van der Waals surface area contributed by atoms with Gasteiger partial charge in [0.05, 0.1) is 19.1 Å². The molecule has 1 N–H and O–H groups in total. The molecule has 0 aromatic heterocycles. The molecule has 0 aliphatic carbocycles. The number of piperidine rings is 1. The Morgan fingerprint density at radius 2 is 1.89 bits per heavy atom. The molecule has 0 spiro atoms. The molecule has 0 amide bonds. The van der Waals surface area contributed by atoms with Crippen molar-refractivity contribution < 1.29 is 14.3 Å². The molecule has 2 rings (SSSR count). The molecule has 0 atom stereocenters. The molecule has 0 unspecified atom stereocenters. The van der Waals surface area contributed by atoms with E-state index in [0.717, 1.165) is 44.2 Å². The number of ether oxygens (including phenoxy) is 2. The molecule has 0 saturated carbocycles. The van der Waals surface area contributed by atoms with Crippen molar-refractivity contribution in [2.45, 2.75) is 40.2 Å². The highest BCUT2D eigenvalue weighted by molar-refractivity contribution is 14.0. The zero-order chi connectivity index (χ0) is 19.6. The number of nitrogens with one attached hydrogen (secondary N) is 1. The smallest absolute Gasteiger partial charge is 0.309 e. The van der Waals surface area contributed by atoms with E-state index < -0.39 is 0 Å². The maximum absolute atomic E-state index is 11.9. The van der Waals surface area contributed by atoms with Crippen molar-refractivity contribution in [3.05, 3.63) is 29.8 Å². The topological polar surface area (TPSA) is 63.2 Å². The minimum atomic E-state index is -0.0696. The van der Waals surface area contributed by atoms with Gasteiger partial charge in [-0.1, -0.05) is 26.0 Å². The lowest BCUT2D eigenvalue weighted by molar-refractivity contribution is -0.149. The number of benzene rings is 1. The molecule has 1 fully saturated rings. The van der Waals surface area contributed by atoms with Gasteiger partial charge in [0.15, 0.2) is 5.96 Å². The Morgan fingerprint density at radius 3 is 2.43 bits per heavy atom. The van der Waals surface area contributed by atoms with Gasteiger partial charge in [-0.3, -0.25) is 9.79 Å². The average molecular weight is 503 g/mol. The molecule has 6 nitrogen and oxygen atoms in total. The summed E-state index contributed by atoms with van der Waals surface area (Å²) >= 11 is 0. The molecule has 0 radical (unpaired) electrons. The minimum Gasteiger partial charge on any atom is -0.493 e. The number of esters is 1. The first-order chi connectivity index (χ1) is 13.0. The second kappa shape index (κ2) is 12.9. The number of halogens is 1. The van der Waals surface area contributed by atoms with E-state index in [1.807, 2.05) is 19.1 Å². The van der Waals surface area contributed by atoms with Crippen LogP contribution in [0.5, 0.6) is 5.75 Å². The van der Waals surface area contributed by atoms with Gasteiger partial charge in [-0.25, -0.2) is 0 Å². The summed E-state index contributed by atoms with van der Waals surface area (Å²) in [6.45, 7) is 9.63. The maximum Gasteiger partial charge on any atom is 0.309 e. The molecular weight excluding hydrogens is 469 g/mol. The van der Waals surface area contributed by atoms with Gasteiger partial charge in [0.25, 0.3) is 0 Å². The fraction of sp³-hybridized carbons (Fsp3) is 0.619. The van der Waals surface area contributed by atoms with Gasteiger partial charge >= 0.3 is 5.97 Å². The van der Waals surface area contributed by atoms with Gasteiger partial charge < -0.3 is 19.7 Å². The van der Waals surface area contributed by atoms with Crippen LogP contribution in [0, 0.1) is 11.8 Å². The van der Waals surface area contributed by atoms with Gasteiger partial charge in [0.1, 0.15) is 5.75 Å². The average Bonchev–Trinajstić information content (AvgIpc) is 2.68.